The molecular formula is C23H27Cl2N3O3. The highest BCUT2D eigenvalue weighted by Crippen LogP contribution is 2.23. The van der Waals surface area contributed by atoms with Crippen molar-refractivity contribution >= 4 is 35.0 Å². The number of rotatable bonds is 7. The number of hydrogen-bond donors (Lipinski definition) is 1. The number of morpholine rings is 1. The van der Waals surface area contributed by atoms with Crippen molar-refractivity contribution in [1.82, 2.24) is 15.1 Å². The number of amides is 2. The quantitative estimate of drug-likeness (QED) is 0.684. The molecule has 0 saturated carbocycles. The fourth-order valence-corrected chi connectivity index (χ4v) is 3.76. The zero-order valence-corrected chi connectivity index (χ0v) is 19.2. The van der Waals surface area contributed by atoms with E-state index in [2.05, 4.69) is 10.2 Å². The third-order valence-electron chi connectivity index (χ3n) is 5.11. The summed E-state index contributed by atoms with van der Waals surface area (Å²) in [7, 11) is 3.42. The largest absolute Gasteiger partial charge is 0.374 e. The first-order valence-corrected chi connectivity index (χ1v) is 10.9. The Labute approximate surface area is 193 Å². The summed E-state index contributed by atoms with van der Waals surface area (Å²) in [5.41, 5.74) is 2.56. The zero-order valence-electron chi connectivity index (χ0n) is 17.7. The molecule has 2 aromatic carbocycles. The molecule has 0 bridgehead atoms. The number of nitrogens with zero attached hydrogens (tertiary/aromatic N) is 2. The Balaban J connectivity index is 1.45. The lowest BCUT2D eigenvalue weighted by Gasteiger charge is -2.33. The van der Waals surface area contributed by atoms with Gasteiger partial charge in [0.2, 0.25) is 5.91 Å². The highest BCUT2D eigenvalue weighted by atomic mass is 35.5. The highest BCUT2D eigenvalue weighted by molar-refractivity contribution is 6.42. The Bertz CT molecular complexity index is 919. The lowest BCUT2D eigenvalue weighted by Crippen LogP contribution is -2.47. The van der Waals surface area contributed by atoms with Gasteiger partial charge >= 0.3 is 0 Å². The van der Waals surface area contributed by atoms with Crippen molar-refractivity contribution in [3.05, 3.63) is 69.2 Å². The fraction of sp³-hybridized carbons (Fsp3) is 0.391. The van der Waals surface area contributed by atoms with Crippen molar-refractivity contribution in [3.8, 4) is 0 Å². The summed E-state index contributed by atoms with van der Waals surface area (Å²) < 4.78 is 5.81. The molecule has 3 rings (SSSR count). The topological polar surface area (TPSA) is 61.9 Å². The van der Waals surface area contributed by atoms with Crippen LogP contribution in [-0.4, -0.2) is 68.1 Å². The molecule has 6 nitrogen and oxygen atoms in total. The number of hydrogen-bond acceptors (Lipinski definition) is 4. The predicted octanol–water partition coefficient (Wildman–Crippen LogP) is 3.25. The molecule has 0 aromatic heterocycles. The first-order valence-electron chi connectivity index (χ1n) is 10.2. The number of halogens is 2. The fourth-order valence-electron chi connectivity index (χ4n) is 3.44. The Morgan fingerprint density at radius 2 is 1.81 bits per heavy atom. The van der Waals surface area contributed by atoms with Crippen molar-refractivity contribution in [2.75, 3.05) is 40.3 Å². The van der Waals surface area contributed by atoms with Gasteiger partial charge < -0.3 is 15.0 Å². The van der Waals surface area contributed by atoms with Crippen molar-refractivity contribution in [2.45, 2.75) is 19.1 Å². The summed E-state index contributed by atoms with van der Waals surface area (Å²) >= 11 is 12.1. The molecule has 1 aliphatic heterocycles. The van der Waals surface area contributed by atoms with Crippen molar-refractivity contribution in [2.24, 2.45) is 0 Å². The maximum absolute atomic E-state index is 12.3. The van der Waals surface area contributed by atoms with Crippen LogP contribution in [0.3, 0.4) is 0 Å². The third kappa shape index (κ3) is 6.94. The van der Waals surface area contributed by atoms with E-state index >= 15 is 0 Å². The van der Waals surface area contributed by atoms with Gasteiger partial charge in [0.15, 0.2) is 0 Å². The van der Waals surface area contributed by atoms with E-state index in [0.29, 0.717) is 28.8 Å². The van der Waals surface area contributed by atoms with Gasteiger partial charge in [-0.15, -0.1) is 0 Å². The van der Waals surface area contributed by atoms with Crippen LogP contribution in [0, 0.1) is 0 Å². The van der Waals surface area contributed by atoms with Crippen LogP contribution in [0.5, 0.6) is 0 Å². The van der Waals surface area contributed by atoms with Crippen LogP contribution in [0.15, 0.2) is 42.5 Å². The maximum Gasteiger partial charge on any atom is 0.253 e. The number of benzene rings is 2. The Morgan fingerprint density at radius 1 is 1.10 bits per heavy atom. The summed E-state index contributed by atoms with van der Waals surface area (Å²) in [6.45, 7) is 3.37. The predicted molar refractivity (Wildman–Crippen MR) is 123 cm³/mol. The molecule has 2 amide bonds. The van der Waals surface area contributed by atoms with Gasteiger partial charge in [0, 0.05) is 45.8 Å². The Hall–Kier alpha value is -2.12. The van der Waals surface area contributed by atoms with E-state index in [-0.39, 0.29) is 24.3 Å². The molecule has 1 aliphatic rings. The van der Waals surface area contributed by atoms with Gasteiger partial charge in [0.05, 0.1) is 29.2 Å². The molecule has 1 saturated heterocycles. The summed E-state index contributed by atoms with van der Waals surface area (Å²) in [5.74, 6) is -0.132. The first-order chi connectivity index (χ1) is 14.8. The van der Waals surface area contributed by atoms with Crippen LogP contribution in [-0.2, 0) is 22.5 Å². The second kappa shape index (κ2) is 11.0. The van der Waals surface area contributed by atoms with Gasteiger partial charge in [-0.1, -0.05) is 41.4 Å². The number of carbonyl (C=O) groups is 2. The average molecular weight is 464 g/mol. The lowest BCUT2D eigenvalue weighted by atomic mass is 10.1. The molecule has 0 spiro atoms. The summed E-state index contributed by atoms with van der Waals surface area (Å²) in [4.78, 5) is 28.1. The molecule has 1 atom stereocenters. The normalized spacial score (nSPS) is 16.7. The minimum absolute atomic E-state index is 0.0594. The van der Waals surface area contributed by atoms with E-state index < -0.39 is 0 Å². The van der Waals surface area contributed by atoms with Crippen LogP contribution in [0.2, 0.25) is 10.0 Å². The van der Waals surface area contributed by atoms with E-state index in [9.17, 15) is 9.59 Å². The van der Waals surface area contributed by atoms with Gasteiger partial charge in [-0.05, 0) is 35.4 Å². The van der Waals surface area contributed by atoms with Crippen LogP contribution in [0.1, 0.15) is 21.5 Å². The molecule has 166 valence electrons. The second-order valence-corrected chi connectivity index (χ2v) is 8.67. The molecule has 1 N–H and O–H groups in total. The summed E-state index contributed by atoms with van der Waals surface area (Å²) in [6.07, 6.45) is 0.191. The van der Waals surface area contributed by atoms with E-state index in [1.807, 2.05) is 24.3 Å². The SMILES string of the molecule is CN(C)C(=O)c1ccc(CC(=O)NCC2CN(Cc3ccc(Cl)c(Cl)c3)CCO2)cc1. The Morgan fingerprint density at radius 3 is 2.48 bits per heavy atom. The van der Waals surface area contributed by atoms with Gasteiger partial charge in [0.25, 0.3) is 5.91 Å². The van der Waals surface area contributed by atoms with E-state index in [0.717, 1.165) is 30.8 Å². The van der Waals surface area contributed by atoms with Crippen LogP contribution >= 0.6 is 23.2 Å². The molecule has 1 heterocycles. The van der Waals surface area contributed by atoms with Crippen molar-refractivity contribution in [3.63, 3.8) is 0 Å². The smallest absolute Gasteiger partial charge is 0.253 e. The minimum atomic E-state index is -0.0723. The standard InChI is InChI=1S/C23H27Cl2N3O3/c1-27(2)23(30)18-6-3-16(4-7-18)12-22(29)26-13-19-15-28(9-10-31-19)14-17-5-8-20(24)21(25)11-17/h3-8,11,19H,9-10,12-15H2,1-2H3,(H,26,29). The third-order valence-corrected chi connectivity index (χ3v) is 5.85. The molecule has 8 heteroatoms. The second-order valence-electron chi connectivity index (χ2n) is 7.85. The Kier molecular flexibility index (Phi) is 8.32. The molecule has 2 aromatic rings. The summed E-state index contributed by atoms with van der Waals surface area (Å²) in [6, 6.07) is 12.8. The maximum atomic E-state index is 12.3. The zero-order chi connectivity index (χ0) is 22.4. The molecular weight excluding hydrogens is 437 g/mol. The number of nitrogens with one attached hydrogen (secondary N) is 1. The molecule has 0 radical (unpaired) electrons. The lowest BCUT2D eigenvalue weighted by molar-refractivity contribution is -0.121. The number of ether oxygens (including phenoxy) is 1. The van der Waals surface area contributed by atoms with E-state index in [1.165, 1.54) is 4.90 Å². The average Bonchev–Trinajstić information content (AvgIpc) is 2.75. The summed E-state index contributed by atoms with van der Waals surface area (Å²) in [5, 5.41) is 4.05. The molecule has 1 unspecified atom stereocenters. The van der Waals surface area contributed by atoms with Gasteiger partial charge in [-0.25, -0.2) is 0 Å². The van der Waals surface area contributed by atoms with Gasteiger partial charge in [-0.3, -0.25) is 14.5 Å². The van der Waals surface area contributed by atoms with E-state index in [1.54, 1.807) is 32.3 Å². The molecule has 0 aliphatic carbocycles. The number of carbonyl (C=O) groups excluding carboxylic acids is 2. The monoisotopic (exact) mass is 463 g/mol. The van der Waals surface area contributed by atoms with Crippen LogP contribution in [0.4, 0.5) is 0 Å². The first kappa shape index (κ1) is 23.5. The van der Waals surface area contributed by atoms with Gasteiger partial charge in [-0.2, -0.15) is 0 Å². The highest BCUT2D eigenvalue weighted by Gasteiger charge is 2.21. The molecule has 1 fully saturated rings. The van der Waals surface area contributed by atoms with Crippen molar-refractivity contribution in [1.29, 1.82) is 0 Å². The molecule has 31 heavy (non-hydrogen) atoms. The van der Waals surface area contributed by atoms with Crippen LogP contribution < -0.4 is 5.32 Å². The van der Waals surface area contributed by atoms with Crippen molar-refractivity contribution < 1.29 is 14.3 Å². The minimum Gasteiger partial charge on any atom is -0.374 e. The van der Waals surface area contributed by atoms with Gasteiger partial charge in [0.1, 0.15) is 0 Å². The van der Waals surface area contributed by atoms with E-state index in [4.69, 9.17) is 27.9 Å². The van der Waals surface area contributed by atoms with Crippen LogP contribution in [0.25, 0.3) is 0 Å².